The number of aromatic hydroxyl groups is 1. The Bertz CT molecular complexity index is 1060. The van der Waals surface area contributed by atoms with Gasteiger partial charge in [-0.2, -0.15) is 0 Å². The van der Waals surface area contributed by atoms with Crippen molar-refractivity contribution in [3.63, 3.8) is 0 Å². The molecule has 0 aliphatic carbocycles. The Hall–Kier alpha value is -4.73. The van der Waals surface area contributed by atoms with Crippen molar-refractivity contribution in [2.24, 2.45) is 11.5 Å². The average molecular weight is 539 g/mol. The third-order valence-corrected chi connectivity index (χ3v) is 5.05. The first-order valence-electron chi connectivity index (χ1n) is 11.1. The summed E-state index contributed by atoms with van der Waals surface area (Å²) in [5, 5.41) is 42.9. The van der Waals surface area contributed by atoms with Crippen molar-refractivity contribution >= 4 is 41.5 Å². The Balaban J connectivity index is 3.15. The van der Waals surface area contributed by atoms with E-state index in [4.69, 9.17) is 26.8 Å². The Morgan fingerprint density at radius 3 is 1.71 bits per heavy atom. The van der Waals surface area contributed by atoms with E-state index in [1.165, 1.54) is 24.3 Å². The summed E-state index contributed by atoms with van der Waals surface area (Å²) in [7, 11) is 0. The molecule has 11 N–H and O–H groups in total. The zero-order valence-corrected chi connectivity index (χ0v) is 20.0. The molecule has 4 unspecified atom stereocenters. The topological polar surface area (TPSA) is 289 Å². The van der Waals surface area contributed by atoms with Gasteiger partial charge < -0.3 is 47.8 Å². The second-order valence-electron chi connectivity index (χ2n) is 8.20. The lowest BCUT2D eigenvalue weighted by molar-refractivity contribution is -0.148. The number of primary amides is 1. The van der Waals surface area contributed by atoms with Gasteiger partial charge in [-0.3, -0.25) is 28.8 Å². The van der Waals surface area contributed by atoms with Crippen LogP contribution in [-0.4, -0.2) is 86.1 Å². The summed E-state index contributed by atoms with van der Waals surface area (Å²) in [6, 6.07) is -0.977. The van der Waals surface area contributed by atoms with Crippen molar-refractivity contribution in [3.8, 4) is 5.75 Å². The molecule has 0 aromatic heterocycles. The minimum Gasteiger partial charge on any atom is -0.508 e. The van der Waals surface area contributed by atoms with Gasteiger partial charge in [-0.05, 0) is 24.1 Å². The van der Waals surface area contributed by atoms with Crippen molar-refractivity contribution in [1.82, 2.24) is 16.0 Å². The standard InChI is InChI=1S/C22H29N5O11/c23-12(5-6-16(24)29)19(34)25-13(7-10-1-3-11(28)4-2-10)20(35)26-14(8-17(30)31)21(36)27-15(22(37)38)9-18(32)33/h1-4,12-15,28H,5-9,23H2,(H2,24,29)(H,25,34)(H,26,35)(H,27,36)(H,30,31)(H,32,33)(H,37,38). The number of carbonyl (C=O) groups excluding carboxylic acids is 4. The normalized spacial score (nSPS) is 13.7. The zero-order valence-electron chi connectivity index (χ0n) is 20.0. The van der Waals surface area contributed by atoms with Gasteiger partial charge in [-0.25, -0.2) is 4.79 Å². The van der Waals surface area contributed by atoms with Crippen LogP contribution < -0.4 is 27.4 Å². The van der Waals surface area contributed by atoms with Crippen LogP contribution in [0.2, 0.25) is 0 Å². The van der Waals surface area contributed by atoms with Gasteiger partial charge in [-0.15, -0.1) is 0 Å². The highest BCUT2D eigenvalue weighted by atomic mass is 16.4. The van der Waals surface area contributed by atoms with Gasteiger partial charge in [0.1, 0.15) is 23.9 Å². The quantitative estimate of drug-likeness (QED) is 0.102. The zero-order chi connectivity index (χ0) is 29.0. The molecule has 1 aromatic rings. The van der Waals surface area contributed by atoms with Crippen LogP contribution in [-0.2, 0) is 40.0 Å². The maximum atomic E-state index is 13.1. The first kappa shape index (κ1) is 31.3. The van der Waals surface area contributed by atoms with Crippen molar-refractivity contribution in [2.45, 2.75) is 56.3 Å². The molecule has 4 atom stereocenters. The number of carboxylic acids is 3. The van der Waals surface area contributed by atoms with Crippen LogP contribution in [0.3, 0.4) is 0 Å². The number of aliphatic carboxylic acids is 3. The number of phenols is 1. The van der Waals surface area contributed by atoms with Crippen molar-refractivity contribution in [3.05, 3.63) is 29.8 Å². The molecule has 0 aliphatic heterocycles. The maximum Gasteiger partial charge on any atom is 0.326 e. The molecule has 4 amide bonds. The van der Waals surface area contributed by atoms with E-state index in [2.05, 4.69) is 10.6 Å². The molecule has 0 radical (unpaired) electrons. The number of benzene rings is 1. The first-order valence-corrected chi connectivity index (χ1v) is 11.1. The number of nitrogens with two attached hydrogens (primary N) is 2. The number of carbonyl (C=O) groups is 7. The van der Waals surface area contributed by atoms with Crippen molar-refractivity contribution in [2.75, 3.05) is 0 Å². The molecule has 1 rings (SSSR count). The Morgan fingerprint density at radius 2 is 1.21 bits per heavy atom. The van der Waals surface area contributed by atoms with E-state index in [1.807, 2.05) is 5.32 Å². The SMILES string of the molecule is NC(=O)CCC(N)C(=O)NC(Cc1ccc(O)cc1)C(=O)NC(CC(=O)O)C(=O)NC(CC(=O)O)C(=O)O. The van der Waals surface area contributed by atoms with E-state index >= 15 is 0 Å². The molecule has 0 bridgehead atoms. The molecular formula is C22H29N5O11. The summed E-state index contributed by atoms with van der Waals surface area (Å²) < 4.78 is 0. The summed E-state index contributed by atoms with van der Waals surface area (Å²) in [4.78, 5) is 82.6. The lowest BCUT2D eigenvalue weighted by Gasteiger charge is -2.24. The molecule has 1 aromatic carbocycles. The third kappa shape index (κ3) is 11.3. The number of phenolic OH excluding ortho intramolecular Hbond substituents is 1. The van der Waals surface area contributed by atoms with E-state index in [-0.39, 0.29) is 25.0 Å². The van der Waals surface area contributed by atoms with Crippen LogP contribution in [0.5, 0.6) is 5.75 Å². The number of carboxylic acid groups (broad SMARTS) is 3. The van der Waals surface area contributed by atoms with Crippen LogP contribution in [0, 0.1) is 0 Å². The van der Waals surface area contributed by atoms with E-state index in [0.717, 1.165) is 0 Å². The summed E-state index contributed by atoms with van der Waals surface area (Å²) in [6.45, 7) is 0. The van der Waals surface area contributed by atoms with Crippen LogP contribution in [0.1, 0.15) is 31.2 Å². The lowest BCUT2D eigenvalue weighted by Crippen LogP contribution is -2.58. The predicted molar refractivity (Wildman–Crippen MR) is 126 cm³/mol. The summed E-state index contributed by atoms with van der Waals surface area (Å²) in [5.74, 6) is -8.82. The van der Waals surface area contributed by atoms with Crippen molar-refractivity contribution in [1.29, 1.82) is 0 Å². The molecule has 0 aliphatic rings. The van der Waals surface area contributed by atoms with Crippen molar-refractivity contribution < 1.29 is 54.0 Å². The molecule has 208 valence electrons. The van der Waals surface area contributed by atoms with Gasteiger partial charge in [-0.1, -0.05) is 12.1 Å². The molecular weight excluding hydrogens is 510 g/mol. The fraction of sp³-hybridized carbons (Fsp3) is 0.409. The van der Waals surface area contributed by atoms with E-state index in [9.17, 15) is 38.7 Å². The highest BCUT2D eigenvalue weighted by Gasteiger charge is 2.32. The molecule has 16 heteroatoms. The number of hydrogen-bond acceptors (Lipinski definition) is 9. The molecule has 0 saturated heterocycles. The largest absolute Gasteiger partial charge is 0.508 e. The second-order valence-corrected chi connectivity index (χ2v) is 8.20. The van der Waals surface area contributed by atoms with Crippen LogP contribution in [0.4, 0.5) is 0 Å². The average Bonchev–Trinajstić information content (AvgIpc) is 2.81. The minimum absolute atomic E-state index is 0.0835. The van der Waals surface area contributed by atoms with Crippen LogP contribution in [0.15, 0.2) is 24.3 Å². The predicted octanol–water partition coefficient (Wildman–Crippen LogP) is -2.98. The Labute approximate surface area is 215 Å². The highest BCUT2D eigenvalue weighted by Crippen LogP contribution is 2.12. The van der Waals surface area contributed by atoms with Gasteiger partial charge in [0, 0.05) is 12.8 Å². The first-order chi connectivity index (χ1) is 17.7. The molecule has 16 nitrogen and oxygen atoms in total. The van der Waals surface area contributed by atoms with E-state index in [0.29, 0.717) is 5.56 Å². The number of amides is 4. The Morgan fingerprint density at radius 1 is 0.737 bits per heavy atom. The molecule has 0 heterocycles. The molecule has 0 saturated carbocycles. The third-order valence-electron chi connectivity index (χ3n) is 5.05. The Kier molecular flexibility index (Phi) is 12.1. The van der Waals surface area contributed by atoms with E-state index < -0.39 is 78.5 Å². The van der Waals surface area contributed by atoms with Gasteiger partial charge in [0.05, 0.1) is 18.9 Å². The van der Waals surface area contributed by atoms with Gasteiger partial charge in [0.25, 0.3) is 0 Å². The number of nitrogens with one attached hydrogen (secondary N) is 3. The summed E-state index contributed by atoms with van der Waals surface area (Å²) in [6.07, 6.45) is -2.59. The fourth-order valence-corrected chi connectivity index (χ4v) is 3.09. The molecule has 38 heavy (non-hydrogen) atoms. The van der Waals surface area contributed by atoms with Crippen LogP contribution >= 0.6 is 0 Å². The monoisotopic (exact) mass is 539 g/mol. The smallest absolute Gasteiger partial charge is 0.326 e. The van der Waals surface area contributed by atoms with Gasteiger partial charge in [0.15, 0.2) is 0 Å². The summed E-state index contributed by atoms with van der Waals surface area (Å²) >= 11 is 0. The molecule has 0 spiro atoms. The fourth-order valence-electron chi connectivity index (χ4n) is 3.09. The lowest BCUT2D eigenvalue weighted by atomic mass is 10.0. The second kappa shape index (κ2) is 14.7. The van der Waals surface area contributed by atoms with Gasteiger partial charge >= 0.3 is 17.9 Å². The molecule has 0 fully saturated rings. The van der Waals surface area contributed by atoms with E-state index in [1.54, 1.807) is 0 Å². The van der Waals surface area contributed by atoms with Gasteiger partial charge in [0.2, 0.25) is 23.6 Å². The minimum atomic E-state index is -1.91. The van der Waals surface area contributed by atoms with Crippen LogP contribution in [0.25, 0.3) is 0 Å². The number of rotatable bonds is 16. The highest BCUT2D eigenvalue weighted by molar-refractivity contribution is 5.96. The maximum absolute atomic E-state index is 13.1. The summed E-state index contributed by atoms with van der Waals surface area (Å²) in [5.41, 5.74) is 11.2. The number of hydrogen-bond donors (Lipinski definition) is 9.